The first-order valence-corrected chi connectivity index (χ1v) is 8.51. The third-order valence-electron chi connectivity index (χ3n) is 4.50. The molecule has 0 saturated heterocycles. The molecule has 1 heterocycles. The number of para-hydroxylation sites is 1. The van der Waals surface area contributed by atoms with Crippen molar-refractivity contribution in [3.8, 4) is 28.2 Å². The first kappa shape index (κ1) is 15.4. The molecule has 0 spiro atoms. The van der Waals surface area contributed by atoms with Crippen LogP contribution in [0.25, 0.3) is 28.2 Å². The van der Waals surface area contributed by atoms with Gasteiger partial charge in [0.1, 0.15) is 0 Å². The number of rotatable bonds is 3. The number of nitrogens with zero attached hydrogens (tertiary/aromatic N) is 2. The molecule has 0 aliphatic carbocycles. The van der Waals surface area contributed by atoms with Gasteiger partial charge >= 0.3 is 0 Å². The molecule has 0 aliphatic rings. The van der Waals surface area contributed by atoms with Crippen LogP contribution in [0.2, 0.25) is 0 Å². The molecule has 2 nitrogen and oxygen atoms in total. The van der Waals surface area contributed by atoms with E-state index < -0.39 is 0 Å². The fourth-order valence-electron chi connectivity index (χ4n) is 3.17. The predicted octanol–water partition coefficient (Wildman–Crippen LogP) is 5.82. The highest BCUT2D eigenvalue weighted by Crippen LogP contribution is 2.33. The van der Waals surface area contributed by atoms with Crippen molar-refractivity contribution < 1.29 is 0 Å². The largest absolute Gasteiger partial charge is 0.232 e. The Morgan fingerprint density at radius 2 is 1.24 bits per heavy atom. The number of hydrogen-bond donors (Lipinski definition) is 0. The minimum absolute atomic E-state index is 1.03. The molecule has 122 valence electrons. The number of benzene rings is 3. The van der Waals surface area contributed by atoms with E-state index in [4.69, 9.17) is 5.10 Å². The fraction of sp³-hybridized carbons (Fsp3) is 0.0870. The summed E-state index contributed by atoms with van der Waals surface area (Å²) >= 11 is 0. The fourth-order valence-corrected chi connectivity index (χ4v) is 3.17. The van der Waals surface area contributed by atoms with Gasteiger partial charge in [-0.3, -0.25) is 0 Å². The zero-order chi connectivity index (χ0) is 17.2. The van der Waals surface area contributed by atoms with Crippen molar-refractivity contribution in [2.75, 3.05) is 0 Å². The number of aromatic nitrogens is 2. The van der Waals surface area contributed by atoms with Gasteiger partial charge < -0.3 is 0 Å². The summed E-state index contributed by atoms with van der Waals surface area (Å²) in [6.45, 7) is 4.27. The van der Waals surface area contributed by atoms with Crippen molar-refractivity contribution in [3.05, 3.63) is 96.1 Å². The van der Waals surface area contributed by atoms with Gasteiger partial charge in [0.25, 0.3) is 0 Å². The van der Waals surface area contributed by atoms with E-state index >= 15 is 0 Å². The Labute approximate surface area is 148 Å². The molecule has 0 radical (unpaired) electrons. The van der Waals surface area contributed by atoms with Gasteiger partial charge in [0.15, 0.2) is 0 Å². The predicted molar refractivity (Wildman–Crippen MR) is 104 cm³/mol. The molecule has 1 aromatic heterocycles. The molecule has 0 bridgehead atoms. The van der Waals surface area contributed by atoms with E-state index in [1.54, 1.807) is 0 Å². The van der Waals surface area contributed by atoms with Crippen LogP contribution in [0.1, 0.15) is 11.1 Å². The van der Waals surface area contributed by atoms with E-state index in [-0.39, 0.29) is 0 Å². The smallest absolute Gasteiger partial charge is 0.0963 e. The van der Waals surface area contributed by atoms with Crippen LogP contribution in [-0.4, -0.2) is 9.78 Å². The summed E-state index contributed by atoms with van der Waals surface area (Å²) < 4.78 is 2.06. The Hall–Kier alpha value is -3.13. The first-order valence-electron chi connectivity index (χ1n) is 8.51. The lowest BCUT2D eigenvalue weighted by molar-refractivity contribution is 0.891. The molecule has 0 fully saturated rings. The lowest BCUT2D eigenvalue weighted by atomic mass is 10.0. The first-order chi connectivity index (χ1) is 12.2. The molecule has 0 atom stereocenters. The Morgan fingerprint density at radius 3 is 1.88 bits per heavy atom. The zero-order valence-corrected chi connectivity index (χ0v) is 14.5. The summed E-state index contributed by atoms with van der Waals surface area (Å²) in [6, 6.07) is 29.4. The van der Waals surface area contributed by atoms with Gasteiger partial charge in [0.05, 0.1) is 17.1 Å². The number of hydrogen-bond acceptors (Lipinski definition) is 1. The van der Waals surface area contributed by atoms with Crippen LogP contribution in [0.15, 0.2) is 84.9 Å². The highest BCUT2D eigenvalue weighted by molar-refractivity contribution is 5.75. The van der Waals surface area contributed by atoms with E-state index in [0.29, 0.717) is 0 Å². The standard InChI is InChI=1S/C23H20N2/c1-17-13-15-20(16-14-17)23-18(2)22(19-9-5-3-6-10-19)24-25(23)21-11-7-4-8-12-21/h3-16H,1-2H3. The summed E-state index contributed by atoms with van der Waals surface area (Å²) in [5.74, 6) is 0. The molecule has 0 saturated carbocycles. The van der Waals surface area contributed by atoms with Crippen molar-refractivity contribution >= 4 is 0 Å². The van der Waals surface area contributed by atoms with Crippen molar-refractivity contribution in [2.45, 2.75) is 13.8 Å². The Balaban J connectivity index is 1.97. The molecular weight excluding hydrogens is 304 g/mol. The van der Waals surface area contributed by atoms with Crippen LogP contribution in [0.3, 0.4) is 0 Å². The van der Waals surface area contributed by atoms with Crippen LogP contribution in [0, 0.1) is 13.8 Å². The molecule has 4 aromatic rings. The van der Waals surface area contributed by atoms with Gasteiger partial charge in [-0.1, -0.05) is 78.4 Å². The minimum Gasteiger partial charge on any atom is -0.232 e. The average Bonchev–Trinajstić information content (AvgIpc) is 3.01. The maximum atomic E-state index is 4.97. The lowest BCUT2D eigenvalue weighted by Crippen LogP contribution is -1.99. The Kier molecular flexibility index (Phi) is 3.95. The summed E-state index contributed by atoms with van der Waals surface area (Å²) in [4.78, 5) is 0. The minimum atomic E-state index is 1.03. The maximum absolute atomic E-state index is 4.97. The highest BCUT2D eigenvalue weighted by atomic mass is 15.3. The molecular formula is C23H20N2. The van der Waals surface area contributed by atoms with Crippen molar-refractivity contribution in [3.63, 3.8) is 0 Å². The summed E-state index contributed by atoms with van der Waals surface area (Å²) in [5.41, 5.74) is 8.02. The second-order valence-corrected chi connectivity index (χ2v) is 6.30. The molecule has 0 amide bonds. The zero-order valence-electron chi connectivity index (χ0n) is 14.5. The second-order valence-electron chi connectivity index (χ2n) is 6.30. The SMILES string of the molecule is Cc1ccc(-c2c(C)c(-c3ccccc3)nn2-c2ccccc2)cc1. The van der Waals surface area contributed by atoms with Gasteiger partial charge in [-0.05, 0) is 26.0 Å². The van der Waals surface area contributed by atoms with Crippen LogP contribution < -0.4 is 0 Å². The van der Waals surface area contributed by atoms with Crippen LogP contribution in [0.4, 0.5) is 0 Å². The Bertz CT molecular complexity index is 982. The van der Waals surface area contributed by atoms with E-state index in [0.717, 1.165) is 22.6 Å². The van der Waals surface area contributed by atoms with Gasteiger partial charge in [-0.25, -0.2) is 4.68 Å². The molecule has 25 heavy (non-hydrogen) atoms. The van der Waals surface area contributed by atoms with Crippen molar-refractivity contribution in [2.24, 2.45) is 0 Å². The van der Waals surface area contributed by atoms with Crippen LogP contribution >= 0.6 is 0 Å². The number of aryl methyl sites for hydroxylation is 1. The van der Waals surface area contributed by atoms with Crippen LogP contribution in [0.5, 0.6) is 0 Å². The van der Waals surface area contributed by atoms with Gasteiger partial charge in [-0.2, -0.15) is 5.10 Å². The quantitative estimate of drug-likeness (QED) is 0.464. The van der Waals surface area contributed by atoms with Gasteiger partial charge in [0, 0.05) is 16.7 Å². The topological polar surface area (TPSA) is 17.8 Å². The van der Waals surface area contributed by atoms with E-state index in [9.17, 15) is 0 Å². The van der Waals surface area contributed by atoms with E-state index in [2.05, 4.69) is 79.2 Å². The Morgan fingerprint density at radius 1 is 0.640 bits per heavy atom. The third-order valence-corrected chi connectivity index (χ3v) is 4.50. The van der Waals surface area contributed by atoms with Gasteiger partial charge in [-0.15, -0.1) is 0 Å². The maximum Gasteiger partial charge on any atom is 0.0963 e. The second kappa shape index (κ2) is 6.40. The van der Waals surface area contributed by atoms with Gasteiger partial charge in [0.2, 0.25) is 0 Å². The lowest BCUT2D eigenvalue weighted by Gasteiger charge is -2.09. The molecule has 4 rings (SSSR count). The summed E-state index contributed by atoms with van der Waals surface area (Å²) in [6.07, 6.45) is 0. The molecule has 2 heteroatoms. The molecule has 0 unspecified atom stereocenters. The van der Waals surface area contributed by atoms with E-state index in [1.807, 2.05) is 24.3 Å². The monoisotopic (exact) mass is 324 g/mol. The summed E-state index contributed by atoms with van der Waals surface area (Å²) in [5, 5.41) is 4.97. The molecule has 3 aromatic carbocycles. The highest BCUT2D eigenvalue weighted by Gasteiger charge is 2.18. The average molecular weight is 324 g/mol. The normalized spacial score (nSPS) is 10.8. The summed E-state index contributed by atoms with van der Waals surface area (Å²) in [7, 11) is 0. The van der Waals surface area contributed by atoms with E-state index in [1.165, 1.54) is 16.7 Å². The third kappa shape index (κ3) is 2.87. The van der Waals surface area contributed by atoms with Crippen molar-refractivity contribution in [1.29, 1.82) is 0 Å². The van der Waals surface area contributed by atoms with Crippen LogP contribution in [-0.2, 0) is 0 Å². The molecule has 0 N–H and O–H groups in total. The van der Waals surface area contributed by atoms with Crippen molar-refractivity contribution in [1.82, 2.24) is 9.78 Å². The molecule has 0 aliphatic heterocycles.